The summed E-state index contributed by atoms with van der Waals surface area (Å²) in [6.07, 6.45) is 5.18. The first kappa shape index (κ1) is 69.1. The molecule has 0 spiro atoms. The van der Waals surface area contributed by atoms with Crippen molar-refractivity contribution in [1.82, 2.24) is 57.8 Å². The summed E-state index contributed by atoms with van der Waals surface area (Å²) >= 11 is 0. The molecule has 1 saturated carbocycles. The maximum Gasteiger partial charge on any atom is 0.326 e. The van der Waals surface area contributed by atoms with Crippen molar-refractivity contribution in [2.75, 3.05) is 19.6 Å². The van der Waals surface area contributed by atoms with Crippen molar-refractivity contribution < 1.29 is 63.3 Å². The van der Waals surface area contributed by atoms with Crippen LogP contribution in [0.1, 0.15) is 131 Å². The summed E-state index contributed by atoms with van der Waals surface area (Å²) in [5.74, 6) is -9.61. The molecule has 2 rings (SSSR count). The molecule has 1 aliphatic carbocycles. The van der Waals surface area contributed by atoms with Crippen LogP contribution in [0.15, 0.2) is 17.5 Å². The topological polar surface area (TPSA) is 485 Å². The summed E-state index contributed by atoms with van der Waals surface area (Å²) in [6.45, 7) is 10.4. The number of nitrogens with zero attached hydrogens (tertiary/aromatic N) is 2. The van der Waals surface area contributed by atoms with E-state index < -0.39 is 138 Å². The van der Waals surface area contributed by atoms with Gasteiger partial charge in [0.25, 0.3) is 0 Å². The average Bonchev–Trinajstić information content (AvgIpc) is 3.92. The molecule has 29 heteroatoms. The lowest BCUT2D eigenvalue weighted by molar-refractivity contribution is -0.143. The van der Waals surface area contributed by atoms with Crippen LogP contribution in [0.25, 0.3) is 0 Å². The molecular weight excluding hydrogens is 1040 g/mol. The molecule has 0 saturated heterocycles. The number of carboxylic acid groups (broad SMARTS) is 1. The monoisotopic (exact) mass is 1130 g/mol. The van der Waals surface area contributed by atoms with Crippen molar-refractivity contribution in [2.45, 2.75) is 199 Å². The molecule has 21 N–H and O–H groups in total. The first-order chi connectivity index (χ1) is 37.7. The third kappa shape index (κ3) is 25.0. The number of amides is 9. The largest absolute Gasteiger partial charge is 0.480 e. The lowest BCUT2D eigenvalue weighted by atomic mass is 9.84. The summed E-state index contributed by atoms with van der Waals surface area (Å²) in [5, 5.41) is 53.8. The number of nitrogens with two attached hydrogens (primary N) is 4. The molecule has 452 valence electrons. The quantitative estimate of drug-likeness (QED) is 0.0173. The van der Waals surface area contributed by atoms with Gasteiger partial charge in [-0.05, 0) is 83.6 Å². The lowest BCUT2D eigenvalue weighted by Gasteiger charge is -2.30. The lowest BCUT2D eigenvalue weighted by Crippen LogP contribution is -2.63. The minimum atomic E-state index is -1.81. The zero-order valence-electron chi connectivity index (χ0n) is 47.2. The Morgan fingerprint density at radius 2 is 1.24 bits per heavy atom. The molecule has 0 bridgehead atoms. The molecule has 0 aromatic carbocycles. The Hall–Kier alpha value is -6.98. The Morgan fingerprint density at radius 1 is 0.675 bits per heavy atom. The van der Waals surface area contributed by atoms with Crippen molar-refractivity contribution in [3.8, 4) is 0 Å². The van der Waals surface area contributed by atoms with Gasteiger partial charge in [-0.15, -0.1) is 0 Å². The Balaban J connectivity index is 2.26. The van der Waals surface area contributed by atoms with E-state index in [0.29, 0.717) is 18.5 Å². The van der Waals surface area contributed by atoms with E-state index in [1.54, 1.807) is 27.7 Å². The molecule has 80 heavy (non-hydrogen) atoms. The number of aliphatic imine (C=N–C) groups is 1. The Kier molecular flexibility index (Phi) is 30.8. The van der Waals surface area contributed by atoms with Crippen molar-refractivity contribution in [1.29, 1.82) is 0 Å². The molecule has 0 aliphatic heterocycles. The third-order valence-electron chi connectivity index (χ3n) is 13.6. The van der Waals surface area contributed by atoms with E-state index in [0.717, 1.165) is 39.0 Å². The van der Waals surface area contributed by atoms with Crippen LogP contribution in [0.2, 0.25) is 0 Å². The van der Waals surface area contributed by atoms with Crippen LogP contribution in [0.5, 0.6) is 0 Å². The molecule has 1 unspecified atom stereocenters. The second-order valence-corrected chi connectivity index (χ2v) is 21.1. The van der Waals surface area contributed by atoms with Crippen molar-refractivity contribution >= 4 is 65.1 Å². The Labute approximate surface area is 467 Å². The number of hydrogen-bond donors (Lipinski definition) is 17. The van der Waals surface area contributed by atoms with Gasteiger partial charge in [0.2, 0.25) is 53.2 Å². The van der Waals surface area contributed by atoms with E-state index in [-0.39, 0.29) is 69.4 Å². The van der Waals surface area contributed by atoms with Crippen LogP contribution in [0, 0.1) is 17.8 Å². The summed E-state index contributed by atoms with van der Waals surface area (Å²) in [6, 6.07) is -12.1. The second kappa shape index (κ2) is 35.6. The van der Waals surface area contributed by atoms with Crippen LogP contribution in [0.4, 0.5) is 0 Å². The van der Waals surface area contributed by atoms with Crippen LogP contribution < -0.4 is 70.8 Å². The number of aliphatic hydroxyl groups excluding tert-OH is 2. The Bertz CT molecular complexity index is 2200. The van der Waals surface area contributed by atoms with Gasteiger partial charge in [-0.1, -0.05) is 66.2 Å². The predicted octanol–water partition coefficient (Wildman–Crippen LogP) is -4.00. The molecule has 0 radical (unpaired) electrons. The summed E-state index contributed by atoms with van der Waals surface area (Å²) in [7, 11) is 0. The number of H-pyrrole nitrogens is 1. The molecular formula is C51H90N16O13. The van der Waals surface area contributed by atoms with Crippen molar-refractivity contribution in [2.24, 2.45) is 45.7 Å². The van der Waals surface area contributed by atoms with Gasteiger partial charge in [0, 0.05) is 24.9 Å². The molecule has 12 atom stereocenters. The zero-order chi connectivity index (χ0) is 60.2. The number of guanidine groups is 1. The van der Waals surface area contributed by atoms with Gasteiger partial charge >= 0.3 is 5.97 Å². The number of hydrogen-bond acceptors (Lipinski definition) is 16. The number of carbonyl (C=O) groups is 10. The first-order valence-corrected chi connectivity index (χ1v) is 27.5. The van der Waals surface area contributed by atoms with Gasteiger partial charge in [-0.3, -0.25) is 48.1 Å². The van der Waals surface area contributed by atoms with E-state index in [4.69, 9.17) is 22.9 Å². The zero-order valence-corrected chi connectivity index (χ0v) is 47.2. The normalized spacial score (nSPS) is 17.1. The van der Waals surface area contributed by atoms with E-state index in [2.05, 4.69) is 62.8 Å². The number of aromatic nitrogens is 2. The van der Waals surface area contributed by atoms with Gasteiger partial charge in [0.15, 0.2) is 5.96 Å². The molecule has 1 aromatic rings. The SMILES string of the molecule is CCC(C)[C@H](NC(=O)[C@H](CCCN)NC(=O)CNC(=O)[C@@H](NC(=O)[C@@H](NC(=O)[C@H](Cc1cnc[nH]1)NC(=O)[C@H](CC1CCCCC1)NC(=O)[C@H](C)NC(=O)[C@@H](N)CCCN=C(N)N)[C@@H](C)O)[C@@H](C)O)C(=O)N[C@H](CC(C)C)C(=O)O. The van der Waals surface area contributed by atoms with E-state index in [1.165, 1.54) is 26.4 Å². The highest BCUT2D eigenvalue weighted by molar-refractivity contribution is 5.98. The maximum absolute atomic E-state index is 14.3. The van der Waals surface area contributed by atoms with Gasteiger partial charge < -0.3 is 91.1 Å². The molecule has 1 aromatic heterocycles. The van der Waals surface area contributed by atoms with Gasteiger partial charge in [0.05, 0.1) is 31.1 Å². The molecule has 29 nitrogen and oxygen atoms in total. The summed E-state index contributed by atoms with van der Waals surface area (Å²) in [5.41, 5.74) is 22.8. The standard InChI is InChI=1S/C51H90N16O13/c1-8-27(4)39(48(77)64-37(50(79)80)20-26(2)3)65-44(73)34(17-12-18-52)61-38(70)24-58-47(76)40(29(6)68)67-49(78)41(30(7)69)66-46(75)36(22-32-23-56-25-59-32)63-45(74)35(21-31-14-10-9-11-15-31)62-42(71)28(5)60-43(72)33(53)16-13-19-57-51(54)55/h23,25-31,33-37,39-41,68-69H,8-22,24,52-53H2,1-7H3,(H,56,59)(H,58,76)(H,60,72)(H,61,70)(H,62,71)(H,63,74)(H,64,77)(H,65,73)(H,66,75)(H,67,78)(H,79,80)(H4,54,55,57)/t27?,28-,29+,30+,33-,34-,35-,36-,37+,39-,40-,41-/m0/s1. The third-order valence-corrected chi connectivity index (χ3v) is 13.6. The fraction of sp³-hybridized carbons (Fsp3) is 0.725. The van der Waals surface area contributed by atoms with E-state index in [1.807, 2.05) is 0 Å². The molecule has 1 fully saturated rings. The Morgan fingerprint density at radius 3 is 1.80 bits per heavy atom. The number of carbonyl (C=O) groups excluding carboxylic acids is 9. The molecule has 9 amide bonds. The molecule has 1 heterocycles. The number of rotatable bonds is 36. The smallest absolute Gasteiger partial charge is 0.326 e. The van der Waals surface area contributed by atoms with Gasteiger partial charge in [-0.25, -0.2) is 9.78 Å². The summed E-state index contributed by atoms with van der Waals surface area (Å²) in [4.78, 5) is 145. The van der Waals surface area contributed by atoms with E-state index in [9.17, 15) is 63.3 Å². The highest BCUT2D eigenvalue weighted by Crippen LogP contribution is 2.27. The highest BCUT2D eigenvalue weighted by atomic mass is 16.4. The van der Waals surface area contributed by atoms with Gasteiger partial charge in [0.1, 0.15) is 48.3 Å². The second-order valence-electron chi connectivity index (χ2n) is 21.1. The van der Waals surface area contributed by atoms with Gasteiger partial charge in [-0.2, -0.15) is 0 Å². The van der Waals surface area contributed by atoms with Crippen LogP contribution in [-0.2, 0) is 54.4 Å². The maximum atomic E-state index is 14.3. The van der Waals surface area contributed by atoms with Crippen LogP contribution in [-0.4, -0.2) is 177 Å². The minimum Gasteiger partial charge on any atom is -0.480 e. The fourth-order valence-corrected chi connectivity index (χ4v) is 8.75. The number of carboxylic acids is 1. The van der Waals surface area contributed by atoms with Crippen molar-refractivity contribution in [3.63, 3.8) is 0 Å². The molecule has 1 aliphatic rings. The number of aromatic amines is 1. The van der Waals surface area contributed by atoms with Crippen molar-refractivity contribution in [3.05, 3.63) is 18.2 Å². The average molecular weight is 1140 g/mol. The minimum absolute atomic E-state index is 0.00658. The number of aliphatic hydroxyl groups is 2. The number of nitrogens with one attached hydrogen (secondary N) is 10. The first-order valence-electron chi connectivity index (χ1n) is 27.5. The van der Waals surface area contributed by atoms with Crippen LogP contribution in [0.3, 0.4) is 0 Å². The highest BCUT2D eigenvalue weighted by Gasteiger charge is 2.37. The van der Waals surface area contributed by atoms with Crippen LogP contribution >= 0.6 is 0 Å². The number of aliphatic carboxylic acids is 1. The predicted molar refractivity (Wildman–Crippen MR) is 294 cm³/mol. The van der Waals surface area contributed by atoms with E-state index >= 15 is 0 Å². The number of imidazole rings is 1. The summed E-state index contributed by atoms with van der Waals surface area (Å²) < 4.78 is 0. The fourth-order valence-electron chi connectivity index (χ4n) is 8.75.